The molecule has 4 heteroatoms. The highest BCUT2D eigenvalue weighted by Crippen LogP contribution is 2.23. The van der Waals surface area contributed by atoms with Gasteiger partial charge in [-0.05, 0) is 43.5 Å². The summed E-state index contributed by atoms with van der Waals surface area (Å²) < 4.78 is 18.6. The molecule has 0 spiro atoms. The number of benzene rings is 1. The van der Waals surface area contributed by atoms with E-state index in [1.54, 1.807) is 12.1 Å². The first-order chi connectivity index (χ1) is 10.1. The quantitative estimate of drug-likeness (QED) is 0.827. The van der Waals surface area contributed by atoms with Crippen molar-refractivity contribution in [2.24, 2.45) is 0 Å². The highest BCUT2D eigenvalue weighted by atomic mass is 19.1. The van der Waals surface area contributed by atoms with Gasteiger partial charge in [0.15, 0.2) is 6.10 Å². The molecule has 0 radical (unpaired) electrons. The molecular formula is C17H24FNO2. The summed E-state index contributed by atoms with van der Waals surface area (Å²) in [7, 11) is 1.87. The van der Waals surface area contributed by atoms with Crippen LogP contribution in [0.5, 0.6) is 5.75 Å². The zero-order valence-electron chi connectivity index (χ0n) is 12.8. The average molecular weight is 293 g/mol. The Morgan fingerprint density at radius 1 is 1.29 bits per heavy atom. The van der Waals surface area contributed by atoms with E-state index in [0.29, 0.717) is 18.2 Å². The maximum atomic E-state index is 12.9. The topological polar surface area (TPSA) is 29.5 Å². The predicted molar refractivity (Wildman–Crippen MR) is 80.8 cm³/mol. The molecular weight excluding hydrogens is 269 g/mol. The van der Waals surface area contributed by atoms with Crippen molar-refractivity contribution in [1.29, 1.82) is 0 Å². The first kappa shape index (κ1) is 15.8. The first-order valence-corrected chi connectivity index (χ1v) is 7.80. The summed E-state index contributed by atoms with van der Waals surface area (Å²) in [5, 5.41) is 0. The van der Waals surface area contributed by atoms with E-state index >= 15 is 0 Å². The summed E-state index contributed by atoms with van der Waals surface area (Å²) in [5.74, 6) is 0.253. The van der Waals surface area contributed by atoms with Crippen molar-refractivity contribution >= 4 is 5.91 Å². The summed E-state index contributed by atoms with van der Waals surface area (Å²) in [4.78, 5) is 14.4. The van der Waals surface area contributed by atoms with Crippen LogP contribution in [0.3, 0.4) is 0 Å². The van der Waals surface area contributed by atoms with Crippen LogP contribution in [-0.4, -0.2) is 30.0 Å². The summed E-state index contributed by atoms with van der Waals surface area (Å²) >= 11 is 0. The molecule has 1 atom stereocenters. The van der Waals surface area contributed by atoms with Crippen molar-refractivity contribution in [2.75, 3.05) is 7.05 Å². The van der Waals surface area contributed by atoms with Crippen molar-refractivity contribution in [3.63, 3.8) is 0 Å². The number of nitrogens with zero attached hydrogens (tertiary/aromatic N) is 1. The molecule has 21 heavy (non-hydrogen) atoms. The van der Waals surface area contributed by atoms with Crippen LogP contribution >= 0.6 is 0 Å². The average Bonchev–Trinajstić information content (AvgIpc) is 2.54. The maximum Gasteiger partial charge on any atom is 0.263 e. The number of hydrogen-bond donors (Lipinski definition) is 0. The number of hydrogen-bond acceptors (Lipinski definition) is 2. The fraction of sp³-hybridized carbons (Fsp3) is 0.588. The molecule has 1 saturated carbocycles. The normalized spacial score (nSPS) is 17.3. The van der Waals surface area contributed by atoms with Gasteiger partial charge in [0, 0.05) is 13.1 Å². The number of rotatable bonds is 5. The Morgan fingerprint density at radius 2 is 1.90 bits per heavy atom. The van der Waals surface area contributed by atoms with Crippen LogP contribution in [0, 0.1) is 5.82 Å². The molecule has 1 aliphatic carbocycles. The van der Waals surface area contributed by atoms with E-state index in [1.165, 1.54) is 31.4 Å². The molecule has 0 heterocycles. The van der Waals surface area contributed by atoms with Crippen LogP contribution in [-0.2, 0) is 4.79 Å². The monoisotopic (exact) mass is 293 g/mol. The molecule has 0 N–H and O–H groups in total. The molecule has 0 saturated heterocycles. The van der Waals surface area contributed by atoms with Gasteiger partial charge in [0.2, 0.25) is 0 Å². The van der Waals surface area contributed by atoms with Gasteiger partial charge in [-0.3, -0.25) is 4.79 Å². The fourth-order valence-corrected chi connectivity index (χ4v) is 2.86. The van der Waals surface area contributed by atoms with E-state index in [4.69, 9.17) is 4.74 Å². The highest BCUT2D eigenvalue weighted by Gasteiger charge is 2.28. The van der Waals surface area contributed by atoms with Crippen LogP contribution in [0.2, 0.25) is 0 Å². The largest absolute Gasteiger partial charge is 0.481 e. The summed E-state index contributed by atoms with van der Waals surface area (Å²) in [6.45, 7) is 1.93. The minimum absolute atomic E-state index is 0.0220. The van der Waals surface area contributed by atoms with Gasteiger partial charge in [-0.1, -0.05) is 26.2 Å². The molecule has 0 aromatic heterocycles. The van der Waals surface area contributed by atoms with Crippen LogP contribution in [0.25, 0.3) is 0 Å². The molecule has 1 aromatic rings. The smallest absolute Gasteiger partial charge is 0.263 e. The van der Waals surface area contributed by atoms with E-state index in [2.05, 4.69) is 0 Å². The van der Waals surface area contributed by atoms with Crippen LogP contribution < -0.4 is 4.74 Å². The summed E-state index contributed by atoms with van der Waals surface area (Å²) in [5.41, 5.74) is 0. The Morgan fingerprint density at radius 3 is 2.48 bits per heavy atom. The molecule has 1 amide bonds. The van der Waals surface area contributed by atoms with Gasteiger partial charge in [-0.25, -0.2) is 4.39 Å². The van der Waals surface area contributed by atoms with Gasteiger partial charge in [0.05, 0.1) is 0 Å². The Kier molecular flexibility index (Phi) is 5.59. The van der Waals surface area contributed by atoms with Crippen molar-refractivity contribution in [1.82, 2.24) is 4.90 Å². The van der Waals surface area contributed by atoms with Crippen molar-refractivity contribution in [3.8, 4) is 5.75 Å². The molecule has 0 unspecified atom stereocenters. The standard InChI is InChI=1S/C17H24FNO2/c1-3-16(21-15-11-9-13(18)10-12-15)17(20)19(2)14-7-5-4-6-8-14/h9-12,14,16H,3-8H2,1-2H3/t16-/m1/s1. The van der Waals surface area contributed by atoms with E-state index < -0.39 is 6.10 Å². The third-order valence-corrected chi connectivity index (χ3v) is 4.21. The number of ether oxygens (including phenoxy) is 1. The lowest BCUT2D eigenvalue weighted by Gasteiger charge is -2.33. The lowest BCUT2D eigenvalue weighted by atomic mass is 9.94. The Bertz CT molecular complexity index is 454. The Hall–Kier alpha value is -1.58. The van der Waals surface area contributed by atoms with E-state index in [0.717, 1.165) is 12.8 Å². The molecule has 116 valence electrons. The number of carbonyl (C=O) groups excluding carboxylic acids is 1. The maximum absolute atomic E-state index is 12.9. The zero-order chi connectivity index (χ0) is 15.2. The highest BCUT2D eigenvalue weighted by molar-refractivity contribution is 5.81. The predicted octanol–water partition coefficient (Wildman–Crippen LogP) is 3.77. The first-order valence-electron chi connectivity index (χ1n) is 7.80. The zero-order valence-corrected chi connectivity index (χ0v) is 12.8. The second-order valence-electron chi connectivity index (χ2n) is 5.71. The Labute approximate surface area is 126 Å². The van der Waals surface area contributed by atoms with Gasteiger partial charge in [-0.2, -0.15) is 0 Å². The van der Waals surface area contributed by atoms with Gasteiger partial charge >= 0.3 is 0 Å². The van der Waals surface area contributed by atoms with Gasteiger partial charge in [0.1, 0.15) is 11.6 Å². The molecule has 0 bridgehead atoms. The molecule has 3 nitrogen and oxygen atoms in total. The van der Waals surface area contributed by atoms with Crippen molar-refractivity contribution < 1.29 is 13.9 Å². The molecule has 1 fully saturated rings. The van der Waals surface area contributed by atoms with Crippen LogP contribution in [0.1, 0.15) is 45.4 Å². The van der Waals surface area contributed by atoms with E-state index in [9.17, 15) is 9.18 Å². The van der Waals surface area contributed by atoms with E-state index in [1.807, 2.05) is 18.9 Å². The lowest BCUT2D eigenvalue weighted by molar-refractivity contribution is -0.140. The molecule has 1 aliphatic rings. The molecule has 2 rings (SSSR count). The number of halogens is 1. The number of carbonyl (C=O) groups is 1. The molecule has 0 aliphatic heterocycles. The second kappa shape index (κ2) is 7.43. The summed E-state index contributed by atoms with van der Waals surface area (Å²) in [6, 6.07) is 6.14. The number of amides is 1. The molecule has 1 aromatic carbocycles. The summed E-state index contributed by atoms with van der Waals surface area (Å²) in [6.07, 6.45) is 5.91. The number of likely N-dealkylation sites (N-methyl/N-ethyl adjacent to an activating group) is 1. The van der Waals surface area contributed by atoms with Crippen LogP contribution in [0.4, 0.5) is 4.39 Å². The van der Waals surface area contributed by atoms with Crippen LogP contribution in [0.15, 0.2) is 24.3 Å². The third kappa shape index (κ3) is 4.19. The fourth-order valence-electron chi connectivity index (χ4n) is 2.86. The van der Waals surface area contributed by atoms with Gasteiger partial charge < -0.3 is 9.64 Å². The minimum Gasteiger partial charge on any atom is -0.481 e. The third-order valence-electron chi connectivity index (χ3n) is 4.21. The second-order valence-corrected chi connectivity index (χ2v) is 5.71. The van der Waals surface area contributed by atoms with Crippen molar-refractivity contribution in [2.45, 2.75) is 57.6 Å². The SMILES string of the molecule is CC[C@@H](Oc1ccc(F)cc1)C(=O)N(C)C1CCCCC1. The van der Waals surface area contributed by atoms with Crippen molar-refractivity contribution in [3.05, 3.63) is 30.1 Å². The van der Waals surface area contributed by atoms with Gasteiger partial charge in [-0.15, -0.1) is 0 Å². The Balaban J connectivity index is 1.98. The van der Waals surface area contributed by atoms with Gasteiger partial charge in [0.25, 0.3) is 5.91 Å². The lowest BCUT2D eigenvalue weighted by Crippen LogP contribution is -2.45. The van der Waals surface area contributed by atoms with E-state index in [-0.39, 0.29) is 11.7 Å². The minimum atomic E-state index is -0.498.